The van der Waals surface area contributed by atoms with Gasteiger partial charge in [-0.15, -0.1) is 6.58 Å². The number of hydrogen-bond donors (Lipinski definition) is 3. The predicted molar refractivity (Wildman–Crippen MR) is 119 cm³/mol. The van der Waals surface area contributed by atoms with Gasteiger partial charge in [-0.1, -0.05) is 41.9 Å². The van der Waals surface area contributed by atoms with E-state index in [0.717, 1.165) is 22.4 Å². The second-order valence-corrected chi connectivity index (χ2v) is 7.93. The molecular formula is C24H29ClO6. The molecule has 6 nitrogen and oxygen atoms in total. The van der Waals surface area contributed by atoms with E-state index < -0.39 is 24.4 Å². The van der Waals surface area contributed by atoms with E-state index in [9.17, 15) is 15.3 Å². The summed E-state index contributed by atoms with van der Waals surface area (Å²) in [5.74, 6) is 0.768. The molecule has 0 spiro atoms. The van der Waals surface area contributed by atoms with E-state index in [1.807, 2.05) is 42.5 Å². The highest BCUT2D eigenvalue weighted by atomic mass is 35.5. The number of ether oxygens (including phenoxy) is 3. The van der Waals surface area contributed by atoms with Crippen LogP contribution in [0.5, 0.6) is 5.75 Å². The van der Waals surface area contributed by atoms with Gasteiger partial charge in [-0.2, -0.15) is 0 Å². The van der Waals surface area contributed by atoms with E-state index in [4.69, 9.17) is 25.8 Å². The van der Waals surface area contributed by atoms with Crippen LogP contribution in [0.4, 0.5) is 0 Å². The summed E-state index contributed by atoms with van der Waals surface area (Å²) in [5.41, 5.74) is 2.85. The second-order valence-electron chi connectivity index (χ2n) is 7.52. The molecule has 1 aliphatic rings. The van der Waals surface area contributed by atoms with E-state index in [2.05, 4.69) is 6.58 Å². The fourth-order valence-corrected chi connectivity index (χ4v) is 3.74. The third kappa shape index (κ3) is 6.53. The average molecular weight is 449 g/mol. The number of aliphatic hydroxyl groups excluding tert-OH is 3. The van der Waals surface area contributed by atoms with Crippen LogP contribution in [-0.4, -0.2) is 60.1 Å². The van der Waals surface area contributed by atoms with E-state index in [0.29, 0.717) is 31.3 Å². The van der Waals surface area contributed by atoms with Crippen molar-refractivity contribution in [3.8, 4) is 5.75 Å². The lowest BCUT2D eigenvalue weighted by molar-refractivity contribution is -0.181. The Kier molecular flexibility index (Phi) is 8.90. The first-order valence-electron chi connectivity index (χ1n) is 10.3. The van der Waals surface area contributed by atoms with E-state index in [-0.39, 0.29) is 13.0 Å². The number of aliphatic hydroxyl groups is 3. The van der Waals surface area contributed by atoms with Gasteiger partial charge in [-0.25, -0.2) is 0 Å². The highest BCUT2D eigenvalue weighted by Gasteiger charge is 2.37. The fraction of sp³-hybridized carbons (Fsp3) is 0.417. The van der Waals surface area contributed by atoms with Crippen LogP contribution in [0, 0.1) is 0 Å². The number of rotatable bonds is 10. The van der Waals surface area contributed by atoms with Crippen LogP contribution >= 0.6 is 11.6 Å². The molecule has 1 heterocycles. The van der Waals surface area contributed by atoms with Crippen molar-refractivity contribution in [1.82, 2.24) is 0 Å². The van der Waals surface area contributed by atoms with Crippen LogP contribution in [0.1, 0.15) is 29.2 Å². The molecule has 4 atom stereocenters. The van der Waals surface area contributed by atoms with Gasteiger partial charge in [0.15, 0.2) is 0 Å². The molecule has 0 saturated carbocycles. The van der Waals surface area contributed by atoms with Crippen molar-refractivity contribution < 1.29 is 29.5 Å². The predicted octanol–water partition coefficient (Wildman–Crippen LogP) is 3.06. The molecular weight excluding hydrogens is 420 g/mol. The monoisotopic (exact) mass is 448 g/mol. The van der Waals surface area contributed by atoms with Crippen LogP contribution in [0.15, 0.2) is 55.1 Å². The lowest BCUT2D eigenvalue weighted by Crippen LogP contribution is -2.47. The quantitative estimate of drug-likeness (QED) is 0.382. The summed E-state index contributed by atoms with van der Waals surface area (Å²) < 4.78 is 16.7. The Morgan fingerprint density at radius 2 is 1.90 bits per heavy atom. The number of benzene rings is 2. The molecule has 0 radical (unpaired) electrons. The Morgan fingerprint density at radius 3 is 2.61 bits per heavy atom. The molecule has 0 bridgehead atoms. The Bertz CT molecular complexity index is 840. The summed E-state index contributed by atoms with van der Waals surface area (Å²) in [4.78, 5) is 0. The molecule has 7 heteroatoms. The summed E-state index contributed by atoms with van der Waals surface area (Å²) in [7, 11) is 0. The third-order valence-electron chi connectivity index (χ3n) is 5.24. The van der Waals surface area contributed by atoms with Crippen LogP contribution in [-0.2, 0) is 15.9 Å². The SMILES string of the molecule is C=CCOCCOc1ccc(Cc2cc([C@@H]3C[C@@H](O)[C@H](O)[C@@H](CO)O3)ccc2Cl)cc1. The Labute approximate surface area is 187 Å². The molecule has 1 saturated heterocycles. The first kappa shape index (κ1) is 23.7. The van der Waals surface area contributed by atoms with E-state index in [1.165, 1.54) is 0 Å². The van der Waals surface area contributed by atoms with E-state index in [1.54, 1.807) is 6.08 Å². The largest absolute Gasteiger partial charge is 0.491 e. The van der Waals surface area contributed by atoms with Gasteiger partial charge in [0.25, 0.3) is 0 Å². The number of hydrogen-bond acceptors (Lipinski definition) is 6. The van der Waals surface area contributed by atoms with Crippen molar-refractivity contribution in [2.75, 3.05) is 26.4 Å². The Morgan fingerprint density at radius 1 is 1.13 bits per heavy atom. The summed E-state index contributed by atoms with van der Waals surface area (Å²) in [6, 6.07) is 13.4. The van der Waals surface area contributed by atoms with Gasteiger partial charge in [-0.05, 0) is 41.3 Å². The van der Waals surface area contributed by atoms with Gasteiger partial charge < -0.3 is 29.5 Å². The zero-order valence-electron chi connectivity index (χ0n) is 17.3. The maximum absolute atomic E-state index is 10.1. The molecule has 1 aliphatic heterocycles. The lowest BCUT2D eigenvalue weighted by Gasteiger charge is -2.36. The Balaban J connectivity index is 1.63. The van der Waals surface area contributed by atoms with Crippen molar-refractivity contribution in [1.29, 1.82) is 0 Å². The minimum absolute atomic E-state index is 0.251. The summed E-state index contributed by atoms with van der Waals surface area (Å²) in [6.07, 6.45) is -0.718. The maximum Gasteiger partial charge on any atom is 0.119 e. The minimum Gasteiger partial charge on any atom is -0.491 e. The van der Waals surface area contributed by atoms with Gasteiger partial charge >= 0.3 is 0 Å². The van der Waals surface area contributed by atoms with Crippen LogP contribution < -0.4 is 4.74 Å². The molecule has 0 aliphatic carbocycles. The maximum atomic E-state index is 10.1. The standard InChI is InChI=1S/C24H29ClO6/c1-2-9-29-10-11-30-19-6-3-16(4-7-19)12-18-13-17(5-8-20(18)25)22-14-21(27)24(28)23(15-26)31-22/h2-8,13,21-24,26-28H,1,9-12,14-15H2/t21-,22+,23-,24+/m1/s1. The normalized spacial score (nSPS) is 23.5. The van der Waals surface area contributed by atoms with Crippen molar-refractivity contribution in [2.24, 2.45) is 0 Å². The number of halogens is 1. The Hall–Kier alpha value is -1.93. The van der Waals surface area contributed by atoms with Crippen molar-refractivity contribution in [3.05, 3.63) is 76.8 Å². The van der Waals surface area contributed by atoms with Gasteiger partial charge in [0.1, 0.15) is 24.6 Å². The second kappa shape index (κ2) is 11.6. The van der Waals surface area contributed by atoms with Gasteiger partial charge in [-0.3, -0.25) is 0 Å². The molecule has 168 valence electrons. The molecule has 0 unspecified atom stereocenters. The molecule has 2 aromatic carbocycles. The first-order chi connectivity index (χ1) is 15.0. The fourth-order valence-electron chi connectivity index (χ4n) is 3.56. The summed E-state index contributed by atoms with van der Waals surface area (Å²) >= 11 is 6.42. The summed E-state index contributed by atoms with van der Waals surface area (Å²) in [5, 5.41) is 30.1. The topological polar surface area (TPSA) is 88.4 Å². The summed E-state index contributed by atoms with van der Waals surface area (Å²) in [6.45, 7) is 4.72. The van der Waals surface area contributed by atoms with Gasteiger partial charge in [0.2, 0.25) is 0 Å². The van der Waals surface area contributed by atoms with Crippen molar-refractivity contribution in [2.45, 2.75) is 37.3 Å². The van der Waals surface area contributed by atoms with Gasteiger partial charge in [0, 0.05) is 11.4 Å². The highest BCUT2D eigenvalue weighted by molar-refractivity contribution is 6.31. The molecule has 2 aromatic rings. The first-order valence-corrected chi connectivity index (χ1v) is 10.7. The van der Waals surface area contributed by atoms with Crippen LogP contribution in [0.25, 0.3) is 0 Å². The molecule has 1 fully saturated rings. The third-order valence-corrected chi connectivity index (χ3v) is 5.61. The van der Waals surface area contributed by atoms with Crippen LogP contribution in [0.3, 0.4) is 0 Å². The minimum atomic E-state index is -1.10. The van der Waals surface area contributed by atoms with Gasteiger partial charge in [0.05, 0.1) is 32.0 Å². The van der Waals surface area contributed by atoms with Crippen molar-refractivity contribution in [3.63, 3.8) is 0 Å². The molecule has 3 rings (SSSR count). The van der Waals surface area contributed by atoms with Crippen LogP contribution in [0.2, 0.25) is 5.02 Å². The lowest BCUT2D eigenvalue weighted by atomic mass is 9.92. The van der Waals surface area contributed by atoms with E-state index >= 15 is 0 Å². The highest BCUT2D eigenvalue weighted by Crippen LogP contribution is 2.34. The molecule has 3 N–H and O–H groups in total. The average Bonchev–Trinajstić information content (AvgIpc) is 2.78. The smallest absolute Gasteiger partial charge is 0.119 e. The zero-order valence-corrected chi connectivity index (χ0v) is 18.1. The zero-order chi connectivity index (χ0) is 22.2. The molecule has 31 heavy (non-hydrogen) atoms. The molecule has 0 aromatic heterocycles. The van der Waals surface area contributed by atoms with Crippen molar-refractivity contribution >= 4 is 11.6 Å². The molecule has 0 amide bonds.